The van der Waals surface area contributed by atoms with Crippen LogP contribution < -0.4 is 0 Å². The van der Waals surface area contributed by atoms with Gasteiger partial charge in [0.1, 0.15) is 0 Å². The van der Waals surface area contributed by atoms with Crippen LogP contribution in [0, 0.1) is 5.82 Å². The molecule has 0 fully saturated rings. The second kappa shape index (κ2) is 6.84. The Morgan fingerprint density at radius 2 is 2.00 bits per heavy atom. The number of rotatable bonds is 4. The minimum absolute atomic E-state index is 0.00839. The van der Waals surface area contributed by atoms with Crippen LogP contribution in [0.3, 0.4) is 0 Å². The van der Waals surface area contributed by atoms with E-state index in [9.17, 15) is 14.3 Å². The van der Waals surface area contributed by atoms with E-state index in [-0.39, 0.29) is 16.3 Å². The molecule has 4 rings (SSSR count). The van der Waals surface area contributed by atoms with Crippen molar-refractivity contribution in [1.29, 1.82) is 0 Å². The lowest BCUT2D eigenvalue weighted by Gasteiger charge is -2.05. The molecule has 132 valence electrons. The summed E-state index contributed by atoms with van der Waals surface area (Å²) in [5, 5.41) is 13.9. The summed E-state index contributed by atoms with van der Waals surface area (Å²) < 4.78 is 20.1. The first-order chi connectivity index (χ1) is 12.7. The average Bonchev–Trinajstić information content (AvgIpc) is 3.36. The van der Waals surface area contributed by atoms with E-state index in [1.54, 1.807) is 17.1 Å². The number of carbonyl (C=O) groups is 1. The van der Waals surface area contributed by atoms with Crippen molar-refractivity contribution in [2.45, 2.75) is 11.3 Å². The normalized spacial score (nSPS) is 16.4. The van der Waals surface area contributed by atoms with Gasteiger partial charge < -0.3 is 5.11 Å². The molecule has 5 nitrogen and oxygen atoms in total. The zero-order valence-electron chi connectivity index (χ0n) is 13.8. The van der Waals surface area contributed by atoms with E-state index in [4.69, 9.17) is 0 Å². The van der Waals surface area contributed by atoms with Gasteiger partial charge in [-0.1, -0.05) is 10.7 Å². The maximum Gasteiger partial charge on any atom is 0.166 e. The first-order valence-electron chi connectivity index (χ1n) is 8.17. The van der Waals surface area contributed by atoms with E-state index in [0.29, 0.717) is 17.4 Å². The Bertz CT molecular complexity index is 1010. The van der Waals surface area contributed by atoms with Crippen molar-refractivity contribution in [1.82, 2.24) is 9.78 Å². The highest BCUT2D eigenvalue weighted by atomic mass is 32.2. The molecule has 0 saturated carbocycles. The summed E-state index contributed by atoms with van der Waals surface area (Å²) in [5.74, 6) is -0.343. The molecule has 0 bridgehead atoms. The highest BCUT2D eigenvalue weighted by Crippen LogP contribution is 2.28. The van der Waals surface area contributed by atoms with Crippen molar-refractivity contribution in [2.75, 3.05) is 12.3 Å². The predicted octanol–water partition coefficient (Wildman–Crippen LogP) is 3.76. The molecule has 0 amide bonds. The van der Waals surface area contributed by atoms with Gasteiger partial charge in [0.2, 0.25) is 0 Å². The lowest BCUT2D eigenvalue weighted by atomic mass is 10.1. The van der Waals surface area contributed by atoms with E-state index >= 15 is 0 Å². The summed E-state index contributed by atoms with van der Waals surface area (Å²) in [6, 6.07) is 10.7. The molecule has 1 atom stereocenters. The fourth-order valence-corrected chi connectivity index (χ4v) is 4.59. The third-order valence-electron chi connectivity index (χ3n) is 4.25. The summed E-state index contributed by atoms with van der Waals surface area (Å²) in [6.07, 6.45) is 4.94. The van der Waals surface area contributed by atoms with Crippen LogP contribution in [0.1, 0.15) is 16.8 Å². The predicted molar refractivity (Wildman–Crippen MR) is 98.4 cm³/mol. The smallest absolute Gasteiger partial charge is 0.166 e. The van der Waals surface area contributed by atoms with Gasteiger partial charge in [0.25, 0.3) is 0 Å². The van der Waals surface area contributed by atoms with Crippen molar-refractivity contribution in [3.63, 3.8) is 0 Å². The van der Waals surface area contributed by atoms with Crippen LogP contribution >= 0.6 is 0 Å². The number of phenolic OH excluding ortho intramolecular Hbond substituents is 1. The van der Waals surface area contributed by atoms with Crippen molar-refractivity contribution < 1.29 is 14.3 Å². The molecule has 0 aliphatic carbocycles. The minimum atomic E-state index is -0.831. The fourth-order valence-electron chi connectivity index (χ4n) is 2.88. The van der Waals surface area contributed by atoms with Crippen molar-refractivity contribution in [3.8, 4) is 22.6 Å². The maximum atomic E-state index is 13.8. The number of aromatic nitrogens is 2. The van der Waals surface area contributed by atoms with Crippen LogP contribution in [0.2, 0.25) is 0 Å². The number of nitrogens with zero attached hydrogens (tertiary/aromatic N) is 3. The molecule has 26 heavy (non-hydrogen) atoms. The van der Waals surface area contributed by atoms with Gasteiger partial charge >= 0.3 is 0 Å². The van der Waals surface area contributed by atoms with E-state index in [1.165, 1.54) is 17.0 Å². The van der Waals surface area contributed by atoms with E-state index in [1.807, 2.05) is 12.1 Å². The summed E-state index contributed by atoms with van der Waals surface area (Å²) >= 11 is 0. The van der Waals surface area contributed by atoms with Gasteiger partial charge in [-0.15, -0.1) is 0 Å². The minimum Gasteiger partial charge on any atom is -0.504 e. The number of hydrogen-bond donors (Lipinski definition) is 1. The van der Waals surface area contributed by atoms with Gasteiger partial charge in [0.15, 0.2) is 17.9 Å². The van der Waals surface area contributed by atoms with Gasteiger partial charge in [-0.05, 0) is 48.4 Å². The van der Waals surface area contributed by atoms with Crippen LogP contribution in [-0.4, -0.2) is 33.5 Å². The van der Waals surface area contributed by atoms with E-state index < -0.39 is 11.6 Å². The van der Waals surface area contributed by atoms with Crippen molar-refractivity contribution in [2.24, 2.45) is 4.36 Å². The molecule has 1 unspecified atom stereocenters. The number of phenols is 1. The van der Waals surface area contributed by atoms with Crippen LogP contribution in [0.25, 0.3) is 16.8 Å². The molecule has 1 aliphatic heterocycles. The zero-order valence-corrected chi connectivity index (χ0v) is 14.6. The van der Waals surface area contributed by atoms with Gasteiger partial charge in [-0.2, -0.15) is 5.10 Å². The van der Waals surface area contributed by atoms with Gasteiger partial charge in [-0.25, -0.2) is 9.07 Å². The number of benzene rings is 2. The number of carbonyl (C=O) groups excluding carboxylic acids is 1. The molecular weight excluding hydrogens is 353 g/mol. The molecule has 3 aromatic rings. The first kappa shape index (κ1) is 16.7. The van der Waals surface area contributed by atoms with Crippen LogP contribution in [0.5, 0.6) is 5.75 Å². The van der Waals surface area contributed by atoms with E-state index in [2.05, 4.69) is 21.6 Å². The van der Waals surface area contributed by atoms with Crippen LogP contribution in [0.4, 0.5) is 4.39 Å². The Balaban J connectivity index is 1.64. The highest BCUT2D eigenvalue weighted by molar-refractivity contribution is 7.87. The Hall–Kier alpha value is -2.80. The summed E-state index contributed by atoms with van der Waals surface area (Å²) in [6.45, 7) is 0.944. The summed E-state index contributed by atoms with van der Waals surface area (Å²) in [5.41, 5.74) is 1.94. The molecule has 2 aromatic carbocycles. The second-order valence-corrected chi connectivity index (χ2v) is 7.82. The van der Waals surface area contributed by atoms with Crippen LogP contribution in [0.15, 0.2) is 58.1 Å². The quantitative estimate of drug-likeness (QED) is 0.712. The average molecular weight is 369 g/mol. The molecule has 0 spiro atoms. The monoisotopic (exact) mass is 369 g/mol. The number of aldehydes is 1. The molecule has 1 aliphatic rings. The third-order valence-corrected chi connectivity index (χ3v) is 6.24. The first-order valence-corrected chi connectivity index (χ1v) is 9.52. The standard InChI is InChI=1S/C19H16FN3O2S/c20-18-9-13(8-14(12-24)19(18)25)15-10-21-23(11-15)16-2-4-17(5-3-16)26-7-1-6-22-26/h2-5,8-12,25H,1,6-7H2. The molecular formula is C19H16FN3O2S. The topological polar surface area (TPSA) is 67.5 Å². The third kappa shape index (κ3) is 3.06. The zero-order chi connectivity index (χ0) is 18.1. The Labute approximate surface area is 152 Å². The van der Waals surface area contributed by atoms with Gasteiger partial charge in [-0.3, -0.25) is 9.16 Å². The van der Waals surface area contributed by atoms with Gasteiger partial charge in [0.05, 0.1) is 17.4 Å². The largest absolute Gasteiger partial charge is 0.504 e. The lowest BCUT2D eigenvalue weighted by Crippen LogP contribution is -1.96. The fraction of sp³-hybridized carbons (Fsp3) is 0.158. The SMILES string of the molecule is O=Cc1cc(-c2cnn(-c3ccc(S4=NCCC4)cc3)c2)cc(F)c1O. The second-order valence-electron chi connectivity index (χ2n) is 5.96. The number of hydrogen-bond acceptors (Lipinski definition) is 4. The molecule has 1 N–H and O–H groups in total. The van der Waals surface area contributed by atoms with E-state index in [0.717, 1.165) is 24.4 Å². The number of halogens is 1. The molecule has 1 aromatic heterocycles. The maximum absolute atomic E-state index is 13.8. The Kier molecular flexibility index (Phi) is 4.38. The molecule has 2 heterocycles. The summed E-state index contributed by atoms with van der Waals surface area (Å²) in [4.78, 5) is 12.2. The Morgan fingerprint density at radius 1 is 1.19 bits per heavy atom. The summed E-state index contributed by atoms with van der Waals surface area (Å²) in [7, 11) is 0.00839. The molecule has 0 saturated heterocycles. The highest BCUT2D eigenvalue weighted by Gasteiger charge is 2.12. The molecule has 7 heteroatoms. The number of aromatic hydroxyl groups is 1. The Morgan fingerprint density at radius 3 is 2.69 bits per heavy atom. The van der Waals surface area contributed by atoms with Crippen molar-refractivity contribution in [3.05, 3.63) is 60.2 Å². The lowest BCUT2D eigenvalue weighted by molar-refractivity contribution is 0.112. The van der Waals surface area contributed by atoms with Crippen LogP contribution in [-0.2, 0) is 10.7 Å². The molecule has 0 radical (unpaired) electrons. The van der Waals surface area contributed by atoms with Gasteiger partial charge in [0, 0.05) is 29.0 Å². The van der Waals surface area contributed by atoms with Crippen molar-refractivity contribution >= 4 is 17.0 Å².